The second kappa shape index (κ2) is 4.97. The lowest BCUT2D eigenvalue weighted by molar-refractivity contribution is -0.125. The fourth-order valence-corrected chi connectivity index (χ4v) is 2.09. The number of anilines is 2. The van der Waals surface area contributed by atoms with Gasteiger partial charge in [-0.05, 0) is 12.1 Å². The third kappa shape index (κ3) is 2.10. The van der Waals surface area contributed by atoms with Gasteiger partial charge in [-0.15, -0.1) is 0 Å². The van der Waals surface area contributed by atoms with E-state index in [0.717, 1.165) is 0 Å². The van der Waals surface area contributed by atoms with Crippen LogP contribution in [0.5, 0.6) is 0 Å². The van der Waals surface area contributed by atoms with Gasteiger partial charge in [-0.25, -0.2) is 0 Å². The van der Waals surface area contributed by atoms with Crippen molar-refractivity contribution in [3.63, 3.8) is 0 Å². The van der Waals surface area contributed by atoms with Crippen molar-refractivity contribution in [2.45, 2.75) is 6.10 Å². The van der Waals surface area contributed by atoms with E-state index in [1.54, 1.807) is 30.1 Å². The average molecular weight is 256 g/mol. The van der Waals surface area contributed by atoms with Gasteiger partial charge in [0.15, 0.2) is 6.10 Å². The summed E-state index contributed by atoms with van der Waals surface area (Å²) in [7, 11) is 1.58. The maximum absolute atomic E-state index is 11.7. The molecule has 1 heterocycles. The van der Waals surface area contributed by atoms with E-state index in [0.29, 0.717) is 16.9 Å². The molecule has 0 aromatic heterocycles. The van der Waals surface area contributed by atoms with Gasteiger partial charge in [0.05, 0.1) is 17.8 Å². The van der Waals surface area contributed by atoms with Gasteiger partial charge in [0.25, 0.3) is 5.91 Å². The minimum atomic E-state index is -1.13. The Labute approximate surface area is 110 Å². The van der Waals surface area contributed by atoms with Gasteiger partial charge in [0.2, 0.25) is 0 Å². The Hall–Kier alpha value is -2.57. The zero-order valence-electron chi connectivity index (χ0n) is 10.4. The van der Waals surface area contributed by atoms with Crippen LogP contribution in [0.4, 0.5) is 11.4 Å². The molecule has 1 N–H and O–H groups in total. The number of benzene rings is 1. The van der Waals surface area contributed by atoms with Crippen LogP contribution in [0, 0.1) is 22.7 Å². The average Bonchev–Trinajstić information content (AvgIpc) is 2.63. The van der Waals surface area contributed by atoms with E-state index >= 15 is 0 Å². The Balaban J connectivity index is 2.40. The second-order valence-electron chi connectivity index (χ2n) is 4.22. The summed E-state index contributed by atoms with van der Waals surface area (Å²) in [4.78, 5) is 14.6. The minimum Gasteiger partial charge on any atom is -0.378 e. The molecule has 0 saturated carbocycles. The summed E-state index contributed by atoms with van der Waals surface area (Å²) in [6.45, 7) is 0.180. The van der Waals surface area contributed by atoms with Crippen molar-refractivity contribution in [2.75, 3.05) is 29.9 Å². The first-order chi connectivity index (χ1) is 9.10. The minimum absolute atomic E-state index is 0.0898. The maximum atomic E-state index is 11.7. The van der Waals surface area contributed by atoms with Gasteiger partial charge in [-0.1, -0.05) is 6.07 Å². The van der Waals surface area contributed by atoms with Crippen LogP contribution in [0.2, 0.25) is 0 Å². The number of fused-ring (bicyclic) bond motifs is 1. The zero-order chi connectivity index (χ0) is 14.0. The van der Waals surface area contributed by atoms with Crippen LogP contribution in [-0.2, 0) is 4.79 Å². The summed E-state index contributed by atoms with van der Waals surface area (Å²) in [5, 5.41) is 27.2. The third-order valence-corrected chi connectivity index (χ3v) is 3.12. The van der Waals surface area contributed by atoms with Gasteiger partial charge in [-0.3, -0.25) is 4.79 Å². The summed E-state index contributed by atoms with van der Waals surface area (Å²) >= 11 is 0. The lowest BCUT2D eigenvalue weighted by atomic mass is 10.1. The second-order valence-corrected chi connectivity index (χ2v) is 4.22. The number of aliphatic hydroxyl groups is 1. The Morgan fingerprint density at radius 3 is 2.58 bits per heavy atom. The van der Waals surface area contributed by atoms with Crippen LogP contribution in [-0.4, -0.2) is 31.2 Å². The molecule has 0 fully saturated rings. The first-order valence-electron chi connectivity index (χ1n) is 5.68. The summed E-state index contributed by atoms with van der Waals surface area (Å²) < 4.78 is 0. The summed E-state index contributed by atoms with van der Waals surface area (Å²) in [5.74, 6) is -0.376. The van der Waals surface area contributed by atoms with Gasteiger partial charge in [0, 0.05) is 18.3 Å². The number of nitriles is 2. The monoisotopic (exact) mass is 256 g/mol. The van der Waals surface area contributed by atoms with Gasteiger partial charge in [-0.2, -0.15) is 10.5 Å². The van der Waals surface area contributed by atoms with Gasteiger partial charge >= 0.3 is 0 Å². The van der Waals surface area contributed by atoms with E-state index in [1.165, 1.54) is 4.90 Å². The Morgan fingerprint density at radius 1 is 1.37 bits per heavy atom. The van der Waals surface area contributed by atoms with Crippen LogP contribution in [0.3, 0.4) is 0 Å². The highest BCUT2D eigenvalue weighted by molar-refractivity contribution is 6.03. The molecule has 0 aliphatic carbocycles. The first kappa shape index (κ1) is 12.9. The van der Waals surface area contributed by atoms with E-state index in [-0.39, 0.29) is 19.0 Å². The molecule has 1 unspecified atom stereocenters. The van der Waals surface area contributed by atoms with E-state index in [2.05, 4.69) is 0 Å². The molecule has 1 aromatic rings. The standard InChI is InChI=1S/C13H12N4O2/c1-16-11-8-9(17(6-4-14)7-5-15)2-3-10(11)12(18)13(16)19/h2-3,8,12,18H,6-7H2,1H3. The molecule has 0 spiro atoms. The van der Waals surface area contributed by atoms with Gasteiger partial charge < -0.3 is 14.9 Å². The predicted molar refractivity (Wildman–Crippen MR) is 68.3 cm³/mol. The molecule has 1 amide bonds. The number of rotatable bonds is 3. The van der Waals surface area contributed by atoms with Crippen molar-refractivity contribution < 1.29 is 9.90 Å². The molecular weight excluding hydrogens is 244 g/mol. The normalized spacial score (nSPS) is 16.7. The maximum Gasteiger partial charge on any atom is 0.260 e. The number of carbonyl (C=O) groups excluding carboxylic acids is 1. The molecule has 1 aromatic carbocycles. The van der Waals surface area contributed by atoms with Crippen molar-refractivity contribution in [1.29, 1.82) is 10.5 Å². The van der Waals surface area contributed by atoms with Crippen molar-refractivity contribution in [3.8, 4) is 12.1 Å². The Kier molecular flexibility index (Phi) is 3.37. The zero-order valence-corrected chi connectivity index (χ0v) is 10.4. The highest BCUT2D eigenvalue weighted by Crippen LogP contribution is 2.37. The number of hydrogen-bond acceptors (Lipinski definition) is 5. The molecule has 19 heavy (non-hydrogen) atoms. The number of nitrogens with zero attached hydrogens (tertiary/aromatic N) is 4. The molecule has 1 aliphatic heterocycles. The van der Waals surface area contributed by atoms with E-state index in [1.807, 2.05) is 12.1 Å². The molecule has 1 aliphatic rings. The van der Waals surface area contributed by atoms with Crippen LogP contribution in [0.15, 0.2) is 18.2 Å². The van der Waals surface area contributed by atoms with Crippen molar-refractivity contribution >= 4 is 17.3 Å². The molecule has 6 heteroatoms. The van der Waals surface area contributed by atoms with Crippen LogP contribution < -0.4 is 9.80 Å². The number of aliphatic hydroxyl groups excluding tert-OH is 1. The van der Waals surface area contributed by atoms with E-state index < -0.39 is 6.10 Å². The molecule has 0 radical (unpaired) electrons. The van der Waals surface area contributed by atoms with Crippen molar-refractivity contribution in [2.24, 2.45) is 0 Å². The molecule has 2 rings (SSSR count). The largest absolute Gasteiger partial charge is 0.378 e. The highest BCUT2D eigenvalue weighted by Gasteiger charge is 2.33. The number of carbonyl (C=O) groups is 1. The molecule has 96 valence electrons. The van der Waals surface area contributed by atoms with E-state index in [4.69, 9.17) is 10.5 Å². The van der Waals surface area contributed by atoms with E-state index in [9.17, 15) is 9.90 Å². The molecular formula is C13H12N4O2. The fourth-order valence-electron chi connectivity index (χ4n) is 2.09. The van der Waals surface area contributed by atoms with Gasteiger partial charge in [0.1, 0.15) is 13.1 Å². The Bertz CT molecular complexity index is 584. The smallest absolute Gasteiger partial charge is 0.260 e. The lowest BCUT2D eigenvalue weighted by Crippen LogP contribution is -2.25. The third-order valence-electron chi connectivity index (χ3n) is 3.12. The van der Waals surface area contributed by atoms with Crippen LogP contribution >= 0.6 is 0 Å². The Morgan fingerprint density at radius 2 is 2.00 bits per heavy atom. The quantitative estimate of drug-likeness (QED) is 0.797. The highest BCUT2D eigenvalue weighted by atomic mass is 16.3. The number of amides is 1. The van der Waals surface area contributed by atoms with Crippen LogP contribution in [0.1, 0.15) is 11.7 Å². The van der Waals surface area contributed by atoms with Crippen LogP contribution in [0.25, 0.3) is 0 Å². The fraction of sp³-hybridized carbons (Fsp3) is 0.308. The van der Waals surface area contributed by atoms with Crippen molar-refractivity contribution in [1.82, 2.24) is 0 Å². The first-order valence-corrected chi connectivity index (χ1v) is 5.68. The summed E-state index contributed by atoms with van der Waals surface area (Å²) in [5.41, 5.74) is 1.83. The summed E-state index contributed by atoms with van der Waals surface area (Å²) in [6.07, 6.45) is -1.13. The summed E-state index contributed by atoms with van der Waals surface area (Å²) in [6, 6.07) is 9.04. The number of likely N-dealkylation sites (N-methyl/N-ethyl adjacent to an activating group) is 1. The van der Waals surface area contributed by atoms with Crippen molar-refractivity contribution in [3.05, 3.63) is 23.8 Å². The molecule has 6 nitrogen and oxygen atoms in total. The predicted octanol–water partition coefficient (Wildman–Crippen LogP) is 0.550. The lowest BCUT2D eigenvalue weighted by Gasteiger charge is -2.20. The molecule has 0 saturated heterocycles. The number of hydrogen-bond donors (Lipinski definition) is 1. The molecule has 1 atom stereocenters. The topological polar surface area (TPSA) is 91.4 Å². The SMILES string of the molecule is CN1C(=O)C(O)c2ccc(N(CC#N)CC#N)cc21. The molecule has 0 bridgehead atoms.